The largest absolute Gasteiger partial charge is 0.387 e. The Morgan fingerprint density at radius 1 is 1.53 bits per heavy atom. The van der Waals surface area contributed by atoms with Crippen LogP contribution in [0.15, 0.2) is 18.2 Å². The third-order valence-corrected chi connectivity index (χ3v) is 3.39. The summed E-state index contributed by atoms with van der Waals surface area (Å²) in [6.45, 7) is 2.53. The topological polar surface area (TPSA) is 56.1 Å². The summed E-state index contributed by atoms with van der Waals surface area (Å²) >= 11 is 0. The van der Waals surface area contributed by atoms with Crippen LogP contribution in [0, 0.1) is 18.3 Å². The van der Waals surface area contributed by atoms with Gasteiger partial charge in [0.05, 0.1) is 18.1 Å². The average molecular weight is 257 g/mol. The van der Waals surface area contributed by atoms with Gasteiger partial charge in [-0.2, -0.15) is 5.26 Å². The van der Waals surface area contributed by atoms with Crippen LogP contribution in [0.2, 0.25) is 0 Å². The molecule has 1 fully saturated rings. The first-order valence-corrected chi connectivity index (χ1v) is 6.63. The fourth-order valence-corrected chi connectivity index (χ4v) is 2.21. The van der Waals surface area contributed by atoms with Crippen LogP contribution in [-0.2, 0) is 0 Å². The fourth-order valence-electron chi connectivity index (χ4n) is 2.21. The van der Waals surface area contributed by atoms with Crippen molar-refractivity contribution in [2.24, 2.45) is 0 Å². The number of hydrogen-bond acceptors (Lipinski definition) is 3. The summed E-state index contributed by atoms with van der Waals surface area (Å²) in [6.07, 6.45) is 2.50. The maximum atomic E-state index is 12.6. The summed E-state index contributed by atoms with van der Waals surface area (Å²) in [6, 6.07) is 8.23. The van der Waals surface area contributed by atoms with Gasteiger partial charge in [0.15, 0.2) is 0 Å². The predicted molar refractivity (Wildman–Crippen MR) is 75.0 cm³/mol. The molecule has 0 aromatic heterocycles. The summed E-state index contributed by atoms with van der Waals surface area (Å²) in [5.41, 5.74) is 2.67. The second-order valence-electron chi connectivity index (χ2n) is 4.94. The van der Waals surface area contributed by atoms with Crippen LogP contribution < -0.4 is 5.32 Å². The lowest BCUT2D eigenvalue weighted by Gasteiger charge is -2.22. The monoisotopic (exact) mass is 257 g/mol. The SMILES string of the molecule is CNc1cc(C)ccc1C(=O)N(CCC#N)C1CC1. The Morgan fingerprint density at radius 3 is 2.84 bits per heavy atom. The standard InChI is InChI=1S/C15H19N3O/c1-11-4-7-13(14(10-11)17-2)15(19)18(9-3-8-16)12-5-6-12/h4,7,10,12,17H,3,5-6,9H2,1-2H3. The molecule has 1 N–H and O–H groups in total. The second kappa shape index (κ2) is 5.75. The number of hydrogen-bond donors (Lipinski definition) is 1. The van der Waals surface area contributed by atoms with Gasteiger partial charge in [0.1, 0.15) is 0 Å². The molecule has 2 rings (SSSR count). The Balaban J connectivity index is 2.23. The molecule has 1 aliphatic rings. The molecule has 1 aromatic carbocycles. The third kappa shape index (κ3) is 3.05. The van der Waals surface area contributed by atoms with E-state index >= 15 is 0 Å². The molecule has 19 heavy (non-hydrogen) atoms. The van der Waals surface area contributed by atoms with Crippen molar-refractivity contribution in [3.63, 3.8) is 0 Å². The predicted octanol–water partition coefficient (Wildman–Crippen LogP) is 2.56. The number of rotatable bonds is 5. The highest BCUT2D eigenvalue weighted by Gasteiger charge is 2.33. The molecule has 0 saturated heterocycles. The number of amides is 1. The molecule has 0 heterocycles. The zero-order chi connectivity index (χ0) is 13.8. The molecule has 0 unspecified atom stereocenters. The van der Waals surface area contributed by atoms with E-state index in [0.717, 1.165) is 24.1 Å². The van der Waals surface area contributed by atoms with Gasteiger partial charge in [0, 0.05) is 25.3 Å². The van der Waals surface area contributed by atoms with E-state index in [-0.39, 0.29) is 5.91 Å². The van der Waals surface area contributed by atoms with Gasteiger partial charge in [0.25, 0.3) is 5.91 Å². The maximum absolute atomic E-state index is 12.6. The van der Waals surface area contributed by atoms with Crippen LogP contribution in [0.25, 0.3) is 0 Å². The molecule has 0 spiro atoms. The molecule has 4 heteroatoms. The van der Waals surface area contributed by atoms with Crippen LogP contribution in [0.1, 0.15) is 35.2 Å². The van der Waals surface area contributed by atoms with Gasteiger partial charge >= 0.3 is 0 Å². The van der Waals surface area contributed by atoms with E-state index < -0.39 is 0 Å². The van der Waals surface area contributed by atoms with Crippen molar-refractivity contribution < 1.29 is 4.79 Å². The number of carbonyl (C=O) groups excluding carboxylic acids is 1. The zero-order valence-corrected chi connectivity index (χ0v) is 11.4. The molecular weight excluding hydrogens is 238 g/mol. The van der Waals surface area contributed by atoms with Crippen LogP contribution in [0.4, 0.5) is 5.69 Å². The van der Waals surface area contributed by atoms with Crippen LogP contribution >= 0.6 is 0 Å². The summed E-state index contributed by atoms with van der Waals surface area (Å²) in [4.78, 5) is 14.4. The number of nitriles is 1. The molecule has 1 aliphatic carbocycles. The van der Waals surface area contributed by atoms with Crippen molar-refractivity contribution in [2.45, 2.75) is 32.2 Å². The van der Waals surface area contributed by atoms with Gasteiger partial charge in [-0.3, -0.25) is 4.79 Å². The quantitative estimate of drug-likeness (QED) is 0.882. The van der Waals surface area contributed by atoms with Gasteiger partial charge in [-0.05, 0) is 37.5 Å². The minimum absolute atomic E-state index is 0.0297. The minimum Gasteiger partial charge on any atom is -0.387 e. The molecule has 1 aromatic rings. The van der Waals surface area contributed by atoms with E-state index in [9.17, 15) is 4.79 Å². The highest BCUT2D eigenvalue weighted by Crippen LogP contribution is 2.30. The van der Waals surface area contributed by atoms with E-state index in [1.54, 1.807) is 0 Å². The number of carbonyl (C=O) groups is 1. The minimum atomic E-state index is 0.0297. The number of benzene rings is 1. The Kier molecular flexibility index (Phi) is 4.06. The van der Waals surface area contributed by atoms with Crippen LogP contribution in [0.3, 0.4) is 0 Å². The lowest BCUT2D eigenvalue weighted by molar-refractivity contribution is 0.0748. The van der Waals surface area contributed by atoms with Crippen molar-refractivity contribution >= 4 is 11.6 Å². The van der Waals surface area contributed by atoms with Crippen molar-refractivity contribution in [1.29, 1.82) is 5.26 Å². The molecule has 0 atom stereocenters. The summed E-state index contributed by atoms with van der Waals surface area (Å²) in [5.74, 6) is 0.0297. The van der Waals surface area contributed by atoms with Crippen molar-refractivity contribution in [3.05, 3.63) is 29.3 Å². The number of nitrogens with one attached hydrogen (secondary N) is 1. The van der Waals surface area contributed by atoms with Gasteiger partial charge in [0.2, 0.25) is 0 Å². The van der Waals surface area contributed by atoms with Crippen molar-refractivity contribution in [2.75, 3.05) is 18.9 Å². The Hall–Kier alpha value is -2.02. The number of nitrogens with zero attached hydrogens (tertiary/aromatic N) is 2. The molecule has 0 aliphatic heterocycles. The van der Waals surface area contributed by atoms with E-state index in [2.05, 4.69) is 11.4 Å². The second-order valence-corrected chi connectivity index (χ2v) is 4.94. The van der Waals surface area contributed by atoms with Crippen molar-refractivity contribution in [3.8, 4) is 6.07 Å². The Bertz CT molecular complexity index is 515. The highest BCUT2D eigenvalue weighted by atomic mass is 16.2. The van der Waals surface area contributed by atoms with Crippen LogP contribution in [0.5, 0.6) is 0 Å². The van der Waals surface area contributed by atoms with E-state index in [4.69, 9.17) is 5.26 Å². The first kappa shape index (κ1) is 13.4. The first-order valence-electron chi connectivity index (χ1n) is 6.63. The molecule has 1 saturated carbocycles. The van der Waals surface area contributed by atoms with Crippen LogP contribution in [-0.4, -0.2) is 30.4 Å². The Morgan fingerprint density at radius 2 is 2.26 bits per heavy atom. The van der Waals surface area contributed by atoms with Gasteiger partial charge in [-0.15, -0.1) is 0 Å². The van der Waals surface area contributed by atoms with Gasteiger partial charge in [-0.1, -0.05) is 6.07 Å². The molecule has 0 bridgehead atoms. The zero-order valence-electron chi connectivity index (χ0n) is 11.4. The lowest BCUT2D eigenvalue weighted by Crippen LogP contribution is -2.34. The number of aryl methyl sites for hydroxylation is 1. The summed E-state index contributed by atoms with van der Waals surface area (Å²) in [7, 11) is 1.82. The molecule has 100 valence electrons. The molecule has 1 amide bonds. The fraction of sp³-hybridized carbons (Fsp3) is 0.467. The van der Waals surface area contributed by atoms with E-state index in [1.807, 2.05) is 37.1 Å². The normalized spacial score (nSPS) is 13.7. The molecular formula is C15H19N3O. The third-order valence-electron chi connectivity index (χ3n) is 3.39. The van der Waals surface area contributed by atoms with E-state index in [0.29, 0.717) is 24.6 Å². The highest BCUT2D eigenvalue weighted by molar-refractivity contribution is 6.00. The molecule has 4 nitrogen and oxygen atoms in total. The van der Waals surface area contributed by atoms with Crippen molar-refractivity contribution in [1.82, 2.24) is 4.90 Å². The van der Waals surface area contributed by atoms with Gasteiger partial charge in [-0.25, -0.2) is 0 Å². The average Bonchev–Trinajstić information content (AvgIpc) is 3.23. The lowest BCUT2D eigenvalue weighted by atomic mass is 10.1. The van der Waals surface area contributed by atoms with E-state index in [1.165, 1.54) is 0 Å². The molecule has 0 radical (unpaired) electrons. The number of anilines is 1. The first-order chi connectivity index (χ1) is 9.17. The maximum Gasteiger partial charge on any atom is 0.256 e. The Labute approximate surface area is 114 Å². The smallest absolute Gasteiger partial charge is 0.256 e. The van der Waals surface area contributed by atoms with Gasteiger partial charge < -0.3 is 10.2 Å². The summed E-state index contributed by atoms with van der Waals surface area (Å²) in [5, 5.41) is 11.8. The summed E-state index contributed by atoms with van der Waals surface area (Å²) < 4.78 is 0.